The second-order valence-electron chi connectivity index (χ2n) is 8.40. The van der Waals surface area contributed by atoms with Crippen LogP contribution in [0, 0.1) is 17.6 Å². The Morgan fingerprint density at radius 2 is 1.71 bits per heavy atom. The zero-order valence-electron chi connectivity index (χ0n) is 17.4. The van der Waals surface area contributed by atoms with Gasteiger partial charge >= 0.3 is 0 Å². The Hall–Kier alpha value is -1.89. The van der Waals surface area contributed by atoms with Crippen molar-refractivity contribution in [2.45, 2.75) is 19.3 Å². The van der Waals surface area contributed by atoms with E-state index < -0.39 is 11.6 Å². The molecule has 31 heavy (non-hydrogen) atoms. The van der Waals surface area contributed by atoms with Crippen LogP contribution in [0.2, 0.25) is 10.0 Å². The number of nitrogens with zero attached hydrogens (tertiary/aromatic N) is 3. The molecule has 2 heterocycles. The Bertz CT molecular complexity index is 956. The number of likely N-dealkylation sites (N-methyl/N-ethyl adjacent to an activating group) is 1. The fraction of sp³-hybridized carbons (Fsp3) is 0.435. The largest absolute Gasteiger partial charge is 0.369 e. The Morgan fingerprint density at radius 3 is 2.35 bits per heavy atom. The Morgan fingerprint density at radius 1 is 1.03 bits per heavy atom. The highest BCUT2D eigenvalue weighted by atomic mass is 35.5. The molecule has 2 saturated heterocycles. The monoisotopic (exact) mass is 467 g/mol. The molecule has 0 N–H and O–H groups in total. The Balaban J connectivity index is 1.53. The minimum Gasteiger partial charge on any atom is -0.369 e. The van der Waals surface area contributed by atoms with Crippen LogP contribution in [0.3, 0.4) is 0 Å². The summed E-state index contributed by atoms with van der Waals surface area (Å²) >= 11 is 13.2. The summed E-state index contributed by atoms with van der Waals surface area (Å²) in [5.74, 6) is -1.18. The molecule has 2 aliphatic heterocycles. The van der Waals surface area contributed by atoms with Crippen LogP contribution < -0.4 is 9.80 Å². The first kappa shape index (κ1) is 22.3. The molecule has 2 fully saturated rings. The highest BCUT2D eigenvalue weighted by molar-refractivity contribution is 6.40. The van der Waals surface area contributed by atoms with Crippen LogP contribution in [-0.2, 0) is 11.2 Å². The lowest BCUT2D eigenvalue weighted by Crippen LogP contribution is -2.44. The number of carbonyl (C=O) groups is 1. The van der Waals surface area contributed by atoms with Crippen LogP contribution in [0.4, 0.5) is 20.2 Å². The lowest BCUT2D eigenvalue weighted by molar-refractivity contribution is -0.120. The second kappa shape index (κ2) is 9.31. The molecule has 1 atom stereocenters. The third-order valence-corrected chi connectivity index (χ3v) is 6.75. The SMILES string of the molecule is CN1CCN(c2cc(Cl)c(N3CC(Cc4ccc(F)cc4F)CCC3=O)c(Cl)c2)CC1. The maximum Gasteiger partial charge on any atom is 0.227 e. The van der Waals surface area contributed by atoms with Crippen LogP contribution in [0.5, 0.6) is 0 Å². The lowest BCUT2D eigenvalue weighted by atomic mass is 9.90. The maximum absolute atomic E-state index is 14.1. The first-order valence-electron chi connectivity index (χ1n) is 10.5. The number of anilines is 2. The van der Waals surface area contributed by atoms with E-state index in [0.29, 0.717) is 47.1 Å². The van der Waals surface area contributed by atoms with Gasteiger partial charge in [-0.25, -0.2) is 8.78 Å². The van der Waals surface area contributed by atoms with Crippen molar-refractivity contribution in [1.82, 2.24) is 4.90 Å². The molecular weight excluding hydrogens is 443 g/mol. The molecule has 2 aliphatic rings. The molecule has 166 valence electrons. The molecule has 1 amide bonds. The molecule has 4 nitrogen and oxygen atoms in total. The van der Waals surface area contributed by atoms with E-state index in [4.69, 9.17) is 23.2 Å². The molecule has 2 aromatic rings. The van der Waals surface area contributed by atoms with Gasteiger partial charge in [0.05, 0.1) is 15.7 Å². The topological polar surface area (TPSA) is 26.8 Å². The number of piperazine rings is 1. The number of halogens is 4. The van der Waals surface area contributed by atoms with Crippen LogP contribution in [-0.4, -0.2) is 50.6 Å². The molecular formula is C23H25Cl2F2N3O. The summed E-state index contributed by atoms with van der Waals surface area (Å²) < 4.78 is 27.3. The summed E-state index contributed by atoms with van der Waals surface area (Å²) in [5, 5.41) is 0.867. The molecule has 0 aromatic heterocycles. The van der Waals surface area contributed by atoms with Crippen molar-refractivity contribution in [2.24, 2.45) is 5.92 Å². The lowest BCUT2D eigenvalue weighted by Gasteiger charge is -2.36. The van der Waals surface area contributed by atoms with Gasteiger partial charge in [-0.2, -0.15) is 0 Å². The molecule has 0 radical (unpaired) electrons. The van der Waals surface area contributed by atoms with Gasteiger partial charge in [0, 0.05) is 50.9 Å². The van der Waals surface area contributed by atoms with Crippen molar-refractivity contribution < 1.29 is 13.6 Å². The van der Waals surface area contributed by atoms with Crippen molar-refractivity contribution in [1.29, 1.82) is 0 Å². The number of piperidine rings is 1. The fourth-order valence-electron chi connectivity index (χ4n) is 4.35. The first-order chi connectivity index (χ1) is 14.8. The minimum atomic E-state index is -0.597. The van der Waals surface area contributed by atoms with Crippen LogP contribution in [0.1, 0.15) is 18.4 Å². The quantitative estimate of drug-likeness (QED) is 0.632. The fourth-order valence-corrected chi connectivity index (χ4v) is 5.03. The van der Waals surface area contributed by atoms with E-state index in [1.54, 1.807) is 4.90 Å². The third-order valence-electron chi connectivity index (χ3n) is 6.17. The van der Waals surface area contributed by atoms with Crippen molar-refractivity contribution in [3.05, 3.63) is 57.6 Å². The maximum atomic E-state index is 14.1. The average Bonchev–Trinajstić information content (AvgIpc) is 2.72. The smallest absolute Gasteiger partial charge is 0.227 e. The highest BCUT2D eigenvalue weighted by Gasteiger charge is 2.30. The summed E-state index contributed by atoms with van der Waals surface area (Å²) in [6.45, 7) is 4.09. The van der Waals surface area contributed by atoms with Crippen molar-refractivity contribution in [2.75, 3.05) is 49.6 Å². The van der Waals surface area contributed by atoms with E-state index in [1.807, 2.05) is 12.1 Å². The highest BCUT2D eigenvalue weighted by Crippen LogP contribution is 2.40. The van der Waals surface area contributed by atoms with Crippen molar-refractivity contribution >= 4 is 40.5 Å². The molecule has 2 aromatic carbocycles. The van der Waals surface area contributed by atoms with Crippen LogP contribution in [0.25, 0.3) is 0 Å². The van der Waals surface area contributed by atoms with E-state index in [1.165, 1.54) is 12.1 Å². The van der Waals surface area contributed by atoms with E-state index in [0.717, 1.165) is 37.9 Å². The normalized spacial score (nSPS) is 20.4. The van der Waals surface area contributed by atoms with E-state index in [2.05, 4.69) is 16.8 Å². The minimum absolute atomic E-state index is 0.0297. The summed E-state index contributed by atoms with van der Waals surface area (Å²) in [7, 11) is 2.09. The molecule has 0 bridgehead atoms. The van der Waals surface area contributed by atoms with Gasteiger partial charge < -0.3 is 14.7 Å². The predicted molar refractivity (Wildman–Crippen MR) is 121 cm³/mol. The van der Waals surface area contributed by atoms with Gasteiger partial charge in [-0.1, -0.05) is 29.3 Å². The average molecular weight is 468 g/mol. The van der Waals surface area contributed by atoms with Crippen LogP contribution >= 0.6 is 23.2 Å². The van der Waals surface area contributed by atoms with Crippen molar-refractivity contribution in [3.63, 3.8) is 0 Å². The number of hydrogen-bond acceptors (Lipinski definition) is 3. The zero-order valence-corrected chi connectivity index (χ0v) is 18.9. The van der Waals surface area contributed by atoms with E-state index >= 15 is 0 Å². The number of benzene rings is 2. The summed E-state index contributed by atoms with van der Waals surface area (Å²) in [6.07, 6.45) is 1.39. The van der Waals surface area contributed by atoms with Gasteiger partial charge in [0.1, 0.15) is 11.6 Å². The Labute approximate surface area is 191 Å². The van der Waals surface area contributed by atoms with Gasteiger partial charge in [0.15, 0.2) is 0 Å². The summed E-state index contributed by atoms with van der Waals surface area (Å²) in [4.78, 5) is 18.8. The Kier molecular flexibility index (Phi) is 6.70. The number of carbonyl (C=O) groups excluding carboxylic acids is 1. The third kappa shape index (κ3) is 4.97. The summed E-state index contributed by atoms with van der Waals surface area (Å²) in [5.41, 5.74) is 1.90. The summed E-state index contributed by atoms with van der Waals surface area (Å²) in [6, 6.07) is 7.35. The molecule has 4 rings (SSSR count). The number of rotatable bonds is 4. The standard InChI is InChI=1S/C23H25Cl2F2N3O/c1-28-6-8-29(9-7-28)18-12-19(24)23(20(25)13-18)30-14-15(2-5-22(30)31)10-16-3-4-17(26)11-21(16)27/h3-4,11-13,15H,2,5-10,14H2,1H3. The van der Waals surface area contributed by atoms with Gasteiger partial charge in [0.25, 0.3) is 0 Å². The predicted octanol–water partition coefficient (Wildman–Crippen LogP) is 5.01. The van der Waals surface area contributed by atoms with Gasteiger partial charge in [-0.3, -0.25) is 4.79 Å². The van der Waals surface area contributed by atoms with E-state index in [9.17, 15) is 13.6 Å². The van der Waals surface area contributed by atoms with Gasteiger partial charge in [-0.15, -0.1) is 0 Å². The van der Waals surface area contributed by atoms with E-state index in [-0.39, 0.29) is 11.8 Å². The number of amides is 1. The van der Waals surface area contributed by atoms with Crippen LogP contribution in [0.15, 0.2) is 30.3 Å². The number of hydrogen-bond donors (Lipinski definition) is 0. The molecule has 0 saturated carbocycles. The van der Waals surface area contributed by atoms with Gasteiger partial charge in [0.2, 0.25) is 5.91 Å². The molecule has 0 aliphatic carbocycles. The zero-order chi connectivity index (χ0) is 22.1. The van der Waals surface area contributed by atoms with Crippen molar-refractivity contribution in [3.8, 4) is 0 Å². The van der Waals surface area contributed by atoms with Gasteiger partial charge in [-0.05, 0) is 49.6 Å². The molecule has 1 unspecified atom stereocenters. The second-order valence-corrected chi connectivity index (χ2v) is 9.21. The first-order valence-corrected chi connectivity index (χ1v) is 11.2. The molecule has 0 spiro atoms. The molecule has 8 heteroatoms.